The van der Waals surface area contributed by atoms with Crippen molar-refractivity contribution in [3.8, 4) is 56.7 Å². The number of rotatable bonds is 5. The first-order valence-corrected chi connectivity index (χ1v) is 17.3. The third-order valence-corrected chi connectivity index (χ3v) is 10.3. The molecule has 0 saturated heterocycles. The first-order chi connectivity index (χ1) is 24.7. The number of hydrogen-bond acceptors (Lipinski definition) is 6. The van der Waals surface area contributed by atoms with Crippen molar-refractivity contribution in [2.45, 2.75) is 0 Å². The third-order valence-electron chi connectivity index (χ3n) is 9.13. The predicted molar refractivity (Wildman–Crippen MR) is 205 cm³/mol. The average Bonchev–Trinajstić information content (AvgIpc) is 3.78. The highest BCUT2D eigenvalue weighted by Gasteiger charge is 2.17. The molecule has 10 rings (SSSR count). The zero-order chi connectivity index (χ0) is 33.0. The van der Waals surface area contributed by atoms with Crippen LogP contribution in [0.2, 0.25) is 0 Å². The Bertz CT molecular complexity index is 2810. The lowest BCUT2D eigenvalue weighted by Crippen LogP contribution is -2.00. The van der Waals surface area contributed by atoms with Crippen LogP contribution in [0.4, 0.5) is 0 Å². The molecule has 0 saturated carbocycles. The highest BCUT2D eigenvalue weighted by atomic mass is 32.1. The van der Waals surface area contributed by atoms with Crippen molar-refractivity contribution >= 4 is 53.4 Å². The first kappa shape index (κ1) is 28.5. The molecule has 0 aliphatic rings. The Morgan fingerprint density at radius 3 is 1.70 bits per heavy atom. The third kappa shape index (κ3) is 4.93. The van der Waals surface area contributed by atoms with Gasteiger partial charge in [-0.05, 0) is 58.3 Å². The lowest BCUT2D eigenvalue weighted by molar-refractivity contribution is 0.620. The Morgan fingerprint density at radius 1 is 0.420 bits per heavy atom. The van der Waals surface area contributed by atoms with Crippen LogP contribution in [-0.2, 0) is 0 Å². The molecule has 0 radical (unpaired) electrons. The largest absolute Gasteiger partial charge is 0.436 e. The molecule has 3 heterocycles. The standard InChI is InChI=1S/C44H26N4OS/c1-4-11-28(12-5-1)41-46-42(29-13-6-2-7-14-29)48-43(47-41)32-22-20-27-19-21-31(23-33(27)24-32)34-17-10-18-38-40(34)35-25-36-37(26-39(35)50-38)49-44(45-36)30-15-8-3-9-16-30/h1-26H. The predicted octanol–water partition coefficient (Wildman–Crippen LogP) is 11.9. The summed E-state index contributed by atoms with van der Waals surface area (Å²) in [7, 11) is 0. The minimum atomic E-state index is 0.637. The van der Waals surface area contributed by atoms with Gasteiger partial charge in [0.05, 0.1) is 0 Å². The van der Waals surface area contributed by atoms with Gasteiger partial charge in [-0.3, -0.25) is 0 Å². The smallest absolute Gasteiger partial charge is 0.227 e. The fraction of sp³-hybridized carbons (Fsp3) is 0. The molecule has 50 heavy (non-hydrogen) atoms. The molecule has 0 atom stereocenters. The molecule has 10 aromatic rings. The van der Waals surface area contributed by atoms with E-state index in [1.165, 1.54) is 25.7 Å². The second-order valence-electron chi connectivity index (χ2n) is 12.3. The van der Waals surface area contributed by atoms with Crippen LogP contribution in [0.25, 0.3) is 98.8 Å². The van der Waals surface area contributed by atoms with Gasteiger partial charge in [0.2, 0.25) is 5.89 Å². The minimum Gasteiger partial charge on any atom is -0.436 e. The Balaban J connectivity index is 1.10. The Morgan fingerprint density at radius 2 is 1.02 bits per heavy atom. The molecule has 6 heteroatoms. The molecule has 0 amide bonds. The van der Waals surface area contributed by atoms with Gasteiger partial charge in [0.15, 0.2) is 23.1 Å². The minimum absolute atomic E-state index is 0.637. The van der Waals surface area contributed by atoms with E-state index in [0.717, 1.165) is 49.7 Å². The van der Waals surface area contributed by atoms with Crippen LogP contribution >= 0.6 is 11.3 Å². The topological polar surface area (TPSA) is 64.7 Å². The van der Waals surface area contributed by atoms with Crippen molar-refractivity contribution in [3.05, 3.63) is 158 Å². The van der Waals surface area contributed by atoms with Crippen molar-refractivity contribution in [2.75, 3.05) is 0 Å². The molecular formula is C44H26N4OS. The van der Waals surface area contributed by atoms with Crippen LogP contribution in [0.15, 0.2) is 162 Å². The summed E-state index contributed by atoms with van der Waals surface area (Å²) in [6.45, 7) is 0. The Kier molecular flexibility index (Phi) is 6.60. The quantitative estimate of drug-likeness (QED) is 0.184. The van der Waals surface area contributed by atoms with Crippen LogP contribution in [0.3, 0.4) is 0 Å². The second kappa shape index (κ2) is 11.6. The molecule has 0 fully saturated rings. The van der Waals surface area contributed by atoms with Crippen LogP contribution in [-0.4, -0.2) is 19.9 Å². The van der Waals surface area contributed by atoms with E-state index in [9.17, 15) is 0 Å². The van der Waals surface area contributed by atoms with Crippen LogP contribution in [0.1, 0.15) is 0 Å². The van der Waals surface area contributed by atoms with E-state index in [1.807, 2.05) is 91.0 Å². The summed E-state index contributed by atoms with van der Waals surface area (Å²) in [5.41, 5.74) is 7.80. The van der Waals surface area contributed by atoms with Crippen molar-refractivity contribution in [2.24, 2.45) is 0 Å². The number of hydrogen-bond donors (Lipinski definition) is 0. The average molecular weight is 659 g/mol. The van der Waals surface area contributed by atoms with E-state index >= 15 is 0 Å². The number of thiophene rings is 1. The van der Waals surface area contributed by atoms with Crippen LogP contribution in [0, 0.1) is 0 Å². The molecule has 234 valence electrons. The molecule has 0 aliphatic heterocycles. The van der Waals surface area contributed by atoms with E-state index in [1.54, 1.807) is 11.3 Å². The summed E-state index contributed by atoms with van der Waals surface area (Å²) in [5, 5.41) is 4.68. The maximum Gasteiger partial charge on any atom is 0.227 e. The maximum absolute atomic E-state index is 6.22. The van der Waals surface area contributed by atoms with E-state index in [0.29, 0.717) is 23.4 Å². The fourth-order valence-electron chi connectivity index (χ4n) is 6.68. The molecular weight excluding hydrogens is 633 g/mol. The number of fused-ring (bicyclic) bond motifs is 5. The summed E-state index contributed by atoms with van der Waals surface area (Å²) in [4.78, 5) is 19.7. The van der Waals surface area contributed by atoms with E-state index in [-0.39, 0.29) is 0 Å². The van der Waals surface area contributed by atoms with Gasteiger partial charge in [0.25, 0.3) is 0 Å². The summed E-state index contributed by atoms with van der Waals surface area (Å²) in [6.07, 6.45) is 0. The normalized spacial score (nSPS) is 11.6. The van der Waals surface area contributed by atoms with Gasteiger partial charge >= 0.3 is 0 Å². The summed E-state index contributed by atoms with van der Waals surface area (Å²) in [5.74, 6) is 2.58. The van der Waals surface area contributed by atoms with Crippen molar-refractivity contribution < 1.29 is 4.42 Å². The highest BCUT2D eigenvalue weighted by molar-refractivity contribution is 7.26. The molecule has 0 bridgehead atoms. The van der Waals surface area contributed by atoms with Crippen molar-refractivity contribution in [1.82, 2.24) is 19.9 Å². The Hall–Kier alpha value is -6.50. The Labute approximate surface area is 291 Å². The number of aromatic nitrogens is 4. The molecule has 7 aromatic carbocycles. The van der Waals surface area contributed by atoms with Gasteiger partial charge in [0.1, 0.15) is 5.52 Å². The first-order valence-electron chi connectivity index (χ1n) is 16.5. The van der Waals surface area contributed by atoms with E-state index < -0.39 is 0 Å². The molecule has 0 aliphatic carbocycles. The lowest BCUT2D eigenvalue weighted by atomic mass is 9.96. The van der Waals surface area contributed by atoms with Crippen molar-refractivity contribution in [3.63, 3.8) is 0 Å². The van der Waals surface area contributed by atoms with Gasteiger partial charge in [-0.2, -0.15) is 0 Å². The SMILES string of the molecule is c1ccc(-c2nc(-c3ccccc3)nc(-c3ccc4ccc(-c5cccc6sc7cc8oc(-c9ccccc9)nc8cc7c56)cc4c3)n2)cc1. The summed E-state index contributed by atoms with van der Waals surface area (Å²) >= 11 is 1.78. The zero-order valence-corrected chi connectivity index (χ0v) is 27.4. The van der Waals surface area contributed by atoms with Gasteiger partial charge in [-0.15, -0.1) is 11.3 Å². The van der Waals surface area contributed by atoms with Crippen LogP contribution in [0.5, 0.6) is 0 Å². The second-order valence-corrected chi connectivity index (χ2v) is 13.4. The van der Waals surface area contributed by atoms with Gasteiger partial charge in [-0.1, -0.05) is 115 Å². The maximum atomic E-state index is 6.22. The van der Waals surface area contributed by atoms with E-state index in [4.69, 9.17) is 24.4 Å². The van der Waals surface area contributed by atoms with Gasteiger partial charge in [0, 0.05) is 48.5 Å². The molecule has 0 N–H and O–H groups in total. The number of oxazole rings is 1. The van der Waals surface area contributed by atoms with Gasteiger partial charge in [-0.25, -0.2) is 19.9 Å². The fourth-order valence-corrected chi connectivity index (χ4v) is 7.83. The van der Waals surface area contributed by atoms with Gasteiger partial charge < -0.3 is 4.42 Å². The molecule has 0 unspecified atom stereocenters. The van der Waals surface area contributed by atoms with E-state index in [2.05, 4.69) is 66.7 Å². The lowest BCUT2D eigenvalue weighted by Gasteiger charge is -2.10. The van der Waals surface area contributed by atoms with Crippen molar-refractivity contribution in [1.29, 1.82) is 0 Å². The molecule has 0 spiro atoms. The number of nitrogens with zero attached hydrogens (tertiary/aromatic N) is 4. The molecule has 5 nitrogen and oxygen atoms in total. The zero-order valence-electron chi connectivity index (χ0n) is 26.6. The number of benzene rings is 7. The summed E-state index contributed by atoms with van der Waals surface area (Å²) in [6, 6.07) is 54.2. The monoisotopic (exact) mass is 658 g/mol. The summed E-state index contributed by atoms with van der Waals surface area (Å²) < 4.78 is 8.62. The van der Waals surface area contributed by atoms with Crippen LogP contribution < -0.4 is 0 Å². The highest BCUT2D eigenvalue weighted by Crippen LogP contribution is 2.42. The molecule has 3 aromatic heterocycles.